The Morgan fingerprint density at radius 3 is 2.10 bits per heavy atom. The highest BCUT2D eigenvalue weighted by molar-refractivity contribution is 5.48. The molecule has 0 fully saturated rings. The number of methoxy groups -OCH3 is 2. The van der Waals surface area contributed by atoms with Gasteiger partial charge in [0.2, 0.25) is 0 Å². The first-order valence-electron chi connectivity index (χ1n) is 6.41. The summed E-state index contributed by atoms with van der Waals surface area (Å²) in [6, 6.07) is 0.986. The molecule has 1 N–H and O–H groups in total. The third-order valence-electron chi connectivity index (χ3n) is 3.17. The van der Waals surface area contributed by atoms with E-state index in [9.17, 15) is 17.6 Å². The second-order valence-corrected chi connectivity index (χ2v) is 4.53. The van der Waals surface area contributed by atoms with E-state index in [2.05, 4.69) is 5.32 Å². The van der Waals surface area contributed by atoms with Crippen molar-refractivity contribution >= 4 is 0 Å². The molecule has 0 saturated carbocycles. The molecule has 0 aliphatic carbocycles. The predicted molar refractivity (Wildman–Crippen MR) is 71.7 cm³/mol. The van der Waals surface area contributed by atoms with Gasteiger partial charge in [0.25, 0.3) is 0 Å². The van der Waals surface area contributed by atoms with Crippen LogP contribution in [0.1, 0.15) is 24.1 Å². The lowest BCUT2D eigenvalue weighted by atomic mass is 9.95. The van der Waals surface area contributed by atoms with Crippen molar-refractivity contribution in [3.63, 3.8) is 0 Å². The van der Waals surface area contributed by atoms with Crippen LogP contribution in [0, 0.1) is 6.92 Å². The van der Waals surface area contributed by atoms with Crippen molar-refractivity contribution in [1.29, 1.82) is 0 Å². The van der Waals surface area contributed by atoms with Crippen LogP contribution >= 0.6 is 0 Å². The second-order valence-electron chi connectivity index (χ2n) is 4.53. The molecule has 0 amide bonds. The average Bonchev–Trinajstić information content (AvgIpc) is 2.44. The molecule has 0 spiro atoms. The van der Waals surface area contributed by atoms with E-state index in [1.54, 1.807) is 13.8 Å². The van der Waals surface area contributed by atoms with Crippen LogP contribution in [0.3, 0.4) is 0 Å². The zero-order valence-corrected chi connectivity index (χ0v) is 12.3. The number of nitrogens with one attached hydrogen (secondary N) is 1. The SMILES string of the molecule is CCNC(c1cc(OC)c(OC)cc1C)C(F)(F)C(F)F. The van der Waals surface area contributed by atoms with Crippen molar-refractivity contribution in [1.82, 2.24) is 5.32 Å². The minimum Gasteiger partial charge on any atom is -0.493 e. The van der Waals surface area contributed by atoms with E-state index in [0.717, 1.165) is 0 Å². The maximum Gasteiger partial charge on any atom is 0.326 e. The largest absolute Gasteiger partial charge is 0.493 e. The summed E-state index contributed by atoms with van der Waals surface area (Å²) >= 11 is 0. The van der Waals surface area contributed by atoms with Crippen molar-refractivity contribution in [2.45, 2.75) is 32.2 Å². The van der Waals surface area contributed by atoms with E-state index in [1.807, 2.05) is 0 Å². The molecule has 1 aromatic rings. The third kappa shape index (κ3) is 3.58. The van der Waals surface area contributed by atoms with Gasteiger partial charge in [0, 0.05) is 0 Å². The molecule has 21 heavy (non-hydrogen) atoms. The van der Waals surface area contributed by atoms with Crippen LogP contribution in [0.4, 0.5) is 17.6 Å². The van der Waals surface area contributed by atoms with Gasteiger partial charge in [0.05, 0.1) is 14.2 Å². The van der Waals surface area contributed by atoms with Crippen molar-refractivity contribution in [2.75, 3.05) is 20.8 Å². The second kappa shape index (κ2) is 6.98. The number of alkyl halides is 4. The van der Waals surface area contributed by atoms with Gasteiger partial charge < -0.3 is 14.8 Å². The van der Waals surface area contributed by atoms with E-state index >= 15 is 0 Å². The summed E-state index contributed by atoms with van der Waals surface area (Å²) in [4.78, 5) is 0. The molecular weight excluding hydrogens is 290 g/mol. The molecule has 0 heterocycles. The lowest BCUT2D eigenvalue weighted by molar-refractivity contribution is -0.151. The predicted octanol–water partition coefficient (Wildman–Crippen LogP) is 3.56. The summed E-state index contributed by atoms with van der Waals surface area (Å²) < 4.78 is 63.1. The van der Waals surface area contributed by atoms with Crippen LogP contribution in [0.5, 0.6) is 11.5 Å². The first-order valence-corrected chi connectivity index (χ1v) is 6.41. The number of hydrogen-bond donors (Lipinski definition) is 1. The van der Waals surface area contributed by atoms with Crippen molar-refractivity contribution in [2.24, 2.45) is 0 Å². The Bertz CT molecular complexity index is 480. The zero-order chi connectivity index (χ0) is 16.2. The topological polar surface area (TPSA) is 30.5 Å². The van der Waals surface area contributed by atoms with Gasteiger partial charge in [-0.3, -0.25) is 0 Å². The summed E-state index contributed by atoms with van der Waals surface area (Å²) in [7, 11) is 2.76. The molecule has 3 nitrogen and oxygen atoms in total. The summed E-state index contributed by atoms with van der Waals surface area (Å²) in [5.41, 5.74) is 0.471. The van der Waals surface area contributed by atoms with Gasteiger partial charge in [-0.25, -0.2) is 8.78 Å². The van der Waals surface area contributed by atoms with Crippen LogP contribution in [0.15, 0.2) is 12.1 Å². The summed E-state index contributed by atoms with van der Waals surface area (Å²) in [6.07, 6.45) is -3.77. The number of hydrogen-bond acceptors (Lipinski definition) is 3. The highest BCUT2D eigenvalue weighted by atomic mass is 19.3. The van der Waals surface area contributed by atoms with Crippen molar-refractivity contribution in [3.8, 4) is 11.5 Å². The average molecular weight is 309 g/mol. The Morgan fingerprint density at radius 1 is 1.14 bits per heavy atom. The summed E-state index contributed by atoms with van der Waals surface area (Å²) in [6.45, 7) is 3.26. The molecule has 0 bridgehead atoms. The Balaban J connectivity index is 3.38. The van der Waals surface area contributed by atoms with E-state index in [1.165, 1.54) is 26.4 Å². The number of benzene rings is 1. The standard InChI is InChI=1S/C14H19F4NO2/c1-5-19-12(14(17,18)13(15)16)9-7-11(21-4)10(20-3)6-8(9)2/h6-7,12-13,19H,5H2,1-4H3. The highest BCUT2D eigenvalue weighted by Crippen LogP contribution is 2.41. The molecule has 120 valence electrons. The zero-order valence-electron chi connectivity index (χ0n) is 12.3. The molecular formula is C14H19F4NO2. The van der Waals surface area contributed by atoms with Crippen LogP contribution < -0.4 is 14.8 Å². The minimum absolute atomic E-state index is 0.0554. The van der Waals surface area contributed by atoms with Crippen LogP contribution in [0.25, 0.3) is 0 Å². The maximum absolute atomic E-state index is 13.8. The van der Waals surface area contributed by atoms with E-state index in [-0.39, 0.29) is 17.9 Å². The molecule has 0 radical (unpaired) electrons. The van der Waals surface area contributed by atoms with Gasteiger partial charge in [-0.2, -0.15) is 8.78 Å². The number of rotatable bonds is 7. The van der Waals surface area contributed by atoms with Gasteiger partial charge >= 0.3 is 12.3 Å². The molecule has 7 heteroatoms. The Kier molecular flexibility index (Phi) is 5.83. The fourth-order valence-electron chi connectivity index (χ4n) is 2.09. The van der Waals surface area contributed by atoms with Crippen molar-refractivity contribution < 1.29 is 27.0 Å². The lowest BCUT2D eigenvalue weighted by Crippen LogP contribution is -2.42. The molecule has 1 aromatic carbocycles. The molecule has 1 atom stereocenters. The highest BCUT2D eigenvalue weighted by Gasteiger charge is 2.49. The minimum atomic E-state index is -4.19. The number of halogens is 4. The monoisotopic (exact) mass is 309 g/mol. The summed E-state index contributed by atoms with van der Waals surface area (Å²) in [5.74, 6) is -3.62. The fourth-order valence-corrected chi connectivity index (χ4v) is 2.09. The Hall–Kier alpha value is -1.50. The normalized spacial score (nSPS) is 13.4. The lowest BCUT2D eigenvalue weighted by Gasteiger charge is -2.29. The fraction of sp³-hybridized carbons (Fsp3) is 0.571. The summed E-state index contributed by atoms with van der Waals surface area (Å²) in [5, 5.41) is 2.42. The van der Waals surface area contributed by atoms with Crippen LogP contribution in [-0.2, 0) is 0 Å². The Morgan fingerprint density at radius 2 is 1.67 bits per heavy atom. The van der Waals surface area contributed by atoms with E-state index in [4.69, 9.17) is 9.47 Å². The quantitative estimate of drug-likeness (QED) is 0.781. The first-order chi connectivity index (χ1) is 9.79. The number of ether oxygens (including phenoxy) is 2. The first kappa shape index (κ1) is 17.6. The van der Waals surface area contributed by atoms with E-state index < -0.39 is 18.4 Å². The van der Waals surface area contributed by atoms with Gasteiger partial charge in [0.15, 0.2) is 11.5 Å². The smallest absolute Gasteiger partial charge is 0.326 e. The number of aryl methyl sites for hydroxylation is 1. The Labute approximate surface area is 121 Å². The van der Waals surface area contributed by atoms with Crippen LogP contribution in [-0.4, -0.2) is 33.1 Å². The van der Waals surface area contributed by atoms with E-state index in [0.29, 0.717) is 11.3 Å². The van der Waals surface area contributed by atoms with Gasteiger partial charge in [-0.1, -0.05) is 6.92 Å². The molecule has 0 saturated heterocycles. The maximum atomic E-state index is 13.8. The third-order valence-corrected chi connectivity index (χ3v) is 3.17. The van der Waals surface area contributed by atoms with Gasteiger partial charge in [-0.15, -0.1) is 0 Å². The van der Waals surface area contributed by atoms with Gasteiger partial charge in [0.1, 0.15) is 6.04 Å². The molecule has 0 aliphatic rings. The molecule has 1 rings (SSSR count). The molecule has 0 aromatic heterocycles. The molecule has 0 aliphatic heterocycles. The molecule has 1 unspecified atom stereocenters. The van der Waals surface area contributed by atoms with Gasteiger partial charge in [-0.05, 0) is 36.7 Å². The van der Waals surface area contributed by atoms with Crippen LogP contribution in [0.2, 0.25) is 0 Å². The van der Waals surface area contributed by atoms with Crippen molar-refractivity contribution in [3.05, 3.63) is 23.3 Å².